The fourth-order valence-corrected chi connectivity index (χ4v) is 3.77. The van der Waals surface area contributed by atoms with E-state index in [9.17, 15) is 13.2 Å². The Morgan fingerprint density at radius 3 is 2.55 bits per heavy atom. The summed E-state index contributed by atoms with van der Waals surface area (Å²) >= 11 is 0. The van der Waals surface area contributed by atoms with Crippen LogP contribution in [0.15, 0.2) is 29.2 Å². The molecule has 1 unspecified atom stereocenters. The van der Waals surface area contributed by atoms with Gasteiger partial charge in [-0.3, -0.25) is 0 Å². The molecule has 0 saturated carbocycles. The third kappa shape index (κ3) is 4.19. The van der Waals surface area contributed by atoms with E-state index in [1.807, 2.05) is 6.92 Å². The highest BCUT2D eigenvalue weighted by Crippen LogP contribution is 2.18. The predicted octanol–water partition coefficient (Wildman–Crippen LogP) is 1.27. The number of hydrogen-bond acceptors (Lipinski definition) is 5. The number of halogens is 1. The molecule has 1 aromatic rings. The first-order valence-electron chi connectivity index (χ1n) is 6.96. The quantitative estimate of drug-likeness (QED) is 0.829. The fourth-order valence-electron chi connectivity index (χ4n) is 2.24. The molecule has 6 nitrogen and oxygen atoms in total. The number of sulfonamides is 1. The molecule has 1 aliphatic heterocycles. The molecule has 1 N–H and O–H groups in total. The van der Waals surface area contributed by atoms with Crippen LogP contribution in [0.1, 0.15) is 24.2 Å². The molecule has 0 spiro atoms. The highest BCUT2D eigenvalue weighted by atomic mass is 35.5. The second-order valence-corrected chi connectivity index (χ2v) is 6.90. The first-order chi connectivity index (χ1) is 9.95. The van der Waals surface area contributed by atoms with E-state index < -0.39 is 16.0 Å². The third-order valence-electron chi connectivity index (χ3n) is 3.33. The molecule has 2 rings (SSSR count). The lowest BCUT2D eigenvalue weighted by Crippen LogP contribution is -2.51. The monoisotopic (exact) mass is 348 g/mol. The predicted molar refractivity (Wildman–Crippen MR) is 85.9 cm³/mol. The van der Waals surface area contributed by atoms with Crippen LogP contribution in [0.4, 0.5) is 0 Å². The van der Waals surface area contributed by atoms with E-state index in [0.717, 1.165) is 0 Å². The van der Waals surface area contributed by atoms with E-state index in [-0.39, 0.29) is 30.0 Å². The largest absolute Gasteiger partial charge is 0.462 e. The van der Waals surface area contributed by atoms with Crippen LogP contribution in [-0.4, -0.2) is 51.0 Å². The molecule has 1 aromatic carbocycles. The Morgan fingerprint density at radius 1 is 1.36 bits per heavy atom. The summed E-state index contributed by atoms with van der Waals surface area (Å²) in [5, 5.41) is 3.21. The van der Waals surface area contributed by atoms with E-state index >= 15 is 0 Å². The van der Waals surface area contributed by atoms with Gasteiger partial charge in [0.05, 0.1) is 17.1 Å². The molecule has 1 fully saturated rings. The number of rotatable bonds is 4. The average Bonchev–Trinajstić information content (AvgIpc) is 2.47. The summed E-state index contributed by atoms with van der Waals surface area (Å²) in [7, 11) is -3.51. The summed E-state index contributed by atoms with van der Waals surface area (Å²) in [4.78, 5) is 11.8. The molecule has 1 saturated heterocycles. The van der Waals surface area contributed by atoms with Crippen molar-refractivity contribution >= 4 is 28.4 Å². The van der Waals surface area contributed by atoms with E-state index in [1.165, 1.54) is 28.6 Å². The van der Waals surface area contributed by atoms with Crippen molar-refractivity contribution in [2.24, 2.45) is 0 Å². The summed E-state index contributed by atoms with van der Waals surface area (Å²) < 4.78 is 31.4. The second-order valence-electron chi connectivity index (χ2n) is 4.96. The molecule has 0 aromatic heterocycles. The third-order valence-corrected chi connectivity index (χ3v) is 5.21. The van der Waals surface area contributed by atoms with Crippen LogP contribution in [-0.2, 0) is 14.8 Å². The van der Waals surface area contributed by atoms with Gasteiger partial charge in [0.2, 0.25) is 10.0 Å². The normalized spacial score (nSPS) is 19.3. The topological polar surface area (TPSA) is 75.7 Å². The van der Waals surface area contributed by atoms with E-state index in [0.29, 0.717) is 25.2 Å². The fraction of sp³-hybridized carbons (Fsp3) is 0.500. The Hall–Kier alpha value is -1.15. The SMILES string of the molecule is CCOC(=O)c1ccc(S(=O)(=O)N2CCNC(C)C2)cc1.Cl. The van der Waals surface area contributed by atoms with Gasteiger partial charge in [-0.05, 0) is 38.1 Å². The highest BCUT2D eigenvalue weighted by Gasteiger charge is 2.28. The number of nitrogens with one attached hydrogen (secondary N) is 1. The molecule has 1 atom stereocenters. The Morgan fingerprint density at radius 2 is 2.00 bits per heavy atom. The summed E-state index contributed by atoms with van der Waals surface area (Å²) in [5.74, 6) is -0.447. The van der Waals surface area contributed by atoms with Crippen LogP contribution < -0.4 is 5.32 Å². The number of piperazine rings is 1. The number of carbonyl (C=O) groups excluding carboxylic acids is 1. The molecule has 8 heteroatoms. The van der Waals surface area contributed by atoms with Crippen LogP contribution in [0.25, 0.3) is 0 Å². The second kappa shape index (κ2) is 7.92. The average molecular weight is 349 g/mol. The Kier molecular flexibility index (Phi) is 6.80. The van der Waals surface area contributed by atoms with Gasteiger partial charge in [0.1, 0.15) is 0 Å². The van der Waals surface area contributed by atoms with Crippen molar-refractivity contribution in [2.75, 3.05) is 26.2 Å². The Labute approximate surface area is 137 Å². The van der Waals surface area contributed by atoms with Crippen molar-refractivity contribution in [3.8, 4) is 0 Å². The maximum absolute atomic E-state index is 12.5. The highest BCUT2D eigenvalue weighted by molar-refractivity contribution is 7.89. The van der Waals surface area contributed by atoms with Crippen molar-refractivity contribution in [2.45, 2.75) is 24.8 Å². The van der Waals surface area contributed by atoms with Crippen LogP contribution in [0.5, 0.6) is 0 Å². The molecule has 0 aliphatic carbocycles. The maximum atomic E-state index is 12.5. The summed E-state index contributed by atoms with van der Waals surface area (Å²) in [5.41, 5.74) is 0.351. The van der Waals surface area contributed by atoms with Gasteiger partial charge >= 0.3 is 5.97 Å². The molecule has 1 aliphatic rings. The van der Waals surface area contributed by atoms with Gasteiger partial charge in [-0.15, -0.1) is 12.4 Å². The van der Waals surface area contributed by atoms with Gasteiger partial charge in [0, 0.05) is 25.7 Å². The van der Waals surface area contributed by atoms with E-state index in [2.05, 4.69) is 5.32 Å². The van der Waals surface area contributed by atoms with Gasteiger partial charge < -0.3 is 10.1 Å². The molecule has 0 bridgehead atoms. The number of carbonyl (C=O) groups is 1. The number of nitrogens with zero attached hydrogens (tertiary/aromatic N) is 1. The Bertz CT molecular complexity index is 604. The first kappa shape index (κ1) is 18.9. The van der Waals surface area contributed by atoms with Gasteiger partial charge in [-0.2, -0.15) is 4.31 Å². The van der Waals surface area contributed by atoms with Gasteiger partial charge in [0.25, 0.3) is 0 Å². The molecular weight excluding hydrogens is 328 g/mol. The van der Waals surface area contributed by atoms with Crippen molar-refractivity contribution in [1.29, 1.82) is 0 Å². The lowest BCUT2D eigenvalue weighted by atomic mass is 10.2. The number of ether oxygens (including phenoxy) is 1. The number of hydrogen-bond donors (Lipinski definition) is 1. The zero-order valence-electron chi connectivity index (χ0n) is 12.6. The van der Waals surface area contributed by atoms with Crippen LogP contribution in [0.2, 0.25) is 0 Å². The van der Waals surface area contributed by atoms with Crippen molar-refractivity contribution in [1.82, 2.24) is 9.62 Å². The lowest BCUT2D eigenvalue weighted by Gasteiger charge is -2.31. The molecule has 1 heterocycles. The minimum absolute atomic E-state index is 0. The summed E-state index contributed by atoms with van der Waals surface area (Å²) in [6, 6.07) is 6.00. The van der Waals surface area contributed by atoms with E-state index in [4.69, 9.17) is 4.74 Å². The van der Waals surface area contributed by atoms with Crippen molar-refractivity contribution in [3.05, 3.63) is 29.8 Å². The zero-order valence-corrected chi connectivity index (χ0v) is 14.2. The summed E-state index contributed by atoms with van der Waals surface area (Å²) in [6.07, 6.45) is 0. The number of benzene rings is 1. The smallest absolute Gasteiger partial charge is 0.338 e. The van der Waals surface area contributed by atoms with E-state index in [1.54, 1.807) is 6.92 Å². The zero-order chi connectivity index (χ0) is 15.5. The number of esters is 1. The van der Waals surface area contributed by atoms with Gasteiger partial charge in [-0.1, -0.05) is 0 Å². The van der Waals surface area contributed by atoms with Gasteiger partial charge in [-0.25, -0.2) is 13.2 Å². The molecular formula is C14H21ClN2O4S. The maximum Gasteiger partial charge on any atom is 0.338 e. The molecule has 0 amide bonds. The van der Waals surface area contributed by atoms with Crippen LogP contribution in [0, 0.1) is 0 Å². The molecule has 22 heavy (non-hydrogen) atoms. The minimum atomic E-state index is -3.51. The van der Waals surface area contributed by atoms with Crippen LogP contribution >= 0.6 is 12.4 Å². The lowest BCUT2D eigenvalue weighted by molar-refractivity contribution is 0.0526. The molecule has 124 valence electrons. The minimum Gasteiger partial charge on any atom is -0.462 e. The Balaban J connectivity index is 0.00000242. The first-order valence-corrected chi connectivity index (χ1v) is 8.40. The van der Waals surface area contributed by atoms with Crippen molar-refractivity contribution in [3.63, 3.8) is 0 Å². The summed E-state index contributed by atoms with van der Waals surface area (Å²) in [6.45, 7) is 5.50. The van der Waals surface area contributed by atoms with Crippen molar-refractivity contribution < 1.29 is 17.9 Å². The molecule has 0 radical (unpaired) electrons. The van der Waals surface area contributed by atoms with Gasteiger partial charge in [0.15, 0.2) is 0 Å². The van der Waals surface area contributed by atoms with Crippen LogP contribution in [0.3, 0.4) is 0 Å². The standard InChI is InChI=1S/C14H20N2O4S.ClH/c1-3-20-14(17)12-4-6-13(7-5-12)21(18,19)16-9-8-15-11(2)10-16;/h4-7,11,15H,3,8-10H2,1-2H3;1H.